The zero-order valence-corrected chi connectivity index (χ0v) is 13.0. The van der Waals surface area contributed by atoms with E-state index < -0.39 is 34.9 Å². The first-order valence-corrected chi connectivity index (χ1v) is 7.81. The van der Waals surface area contributed by atoms with E-state index in [0.717, 1.165) is 4.31 Å². The van der Waals surface area contributed by atoms with Crippen LogP contribution in [0.5, 0.6) is 0 Å². The summed E-state index contributed by atoms with van der Waals surface area (Å²) in [4.78, 5) is 22.7. The molecule has 20 heavy (non-hydrogen) atoms. The van der Waals surface area contributed by atoms with E-state index >= 15 is 0 Å². The van der Waals surface area contributed by atoms with Gasteiger partial charge in [-0.25, -0.2) is 9.52 Å². The maximum Gasteiger partial charge on any atom is 0.422 e. The summed E-state index contributed by atoms with van der Waals surface area (Å²) in [5, 5.41) is 0. The van der Waals surface area contributed by atoms with Crippen LogP contribution in [0.4, 0.5) is 4.79 Å². The van der Waals surface area contributed by atoms with Crippen molar-refractivity contribution < 1.29 is 27.5 Å². The third-order valence-corrected chi connectivity index (χ3v) is 3.39. The summed E-state index contributed by atoms with van der Waals surface area (Å²) in [7, 11) is -4.13. The highest BCUT2D eigenvalue weighted by Crippen LogP contribution is 2.02. The fourth-order valence-corrected chi connectivity index (χ4v) is 2.38. The summed E-state index contributed by atoms with van der Waals surface area (Å²) in [6.45, 7) is 6.34. The third-order valence-electron chi connectivity index (χ3n) is 1.98. The predicted octanol–water partition coefficient (Wildman–Crippen LogP) is 0.641. The van der Waals surface area contributed by atoms with Crippen LogP contribution in [0.25, 0.3) is 0 Å². The molecule has 0 radical (unpaired) electrons. The molecule has 8 nitrogen and oxygen atoms in total. The topological polar surface area (TPSA) is 102 Å². The number of ether oxygens (including phenoxy) is 2. The van der Waals surface area contributed by atoms with Crippen LogP contribution in [-0.2, 0) is 24.5 Å². The van der Waals surface area contributed by atoms with Crippen LogP contribution in [-0.4, -0.2) is 50.6 Å². The van der Waals surface area contributed by atoms with Gasteiger partial charge in [0.15, 0.2) is 0 Å². The van der Waals surface area contributed by atoms with E-state index in [0.29, 0.717) is 6.42 Å². The largest absolute Gasteiger partial charge is 0.465 e. The Morgan fingerprint density at radius 2 is 1.85 bits per heavy atom. The molecule has 0 spiro atoms. The molecular weight excluding hydrogens is 288 g/mol. The van der Waals surface area contributed by atoms with Crippen LogP contribution in [0.3, 0.4) is 0 Å². The van der Waals surface area contributed by atoms with Gasteiger partial charge in [0.05, 0.1) is 12.7 Å². The highest BCUT2D eigenvalue weighted by atomic mass is 32.2. The van der Waals surface area contributed by atoms with Gasteiger partial charge in [0, 0.05) is 6.54 Å². The molecule has 118 valence electrons. The molecule has 0 unspecified atom stereocenters. The quantitative estimate of drug-likeness (QED) is 0.660. The smallest absolute Gasteiger partial charge is 0.422 e. The summed E-state index contributed by atoms with van der Waals surface area (Å²) in [5.74, 6) is -0.677. The molecule has 0 rings (SSSR count). The van der Waals surface area contributed by atoms with Gasteiger partial charge < -0.3 is 9.47 Å². The van der Waals surface area contributed by atoms with Crippen molar-refractivity contribution in [1.29, 1.82) is 0 Å². The fraction of sp³-hybridized carbons (Fsp3) is 0.818. The lowest BCUT2D eigenvalue weighted by Gasteiger charge is -2.20. The SMILES string of the molecule is CCCN(CC(=O)OCC)S(=O)(=O)NC(=O)OC(C)C. The normalized spacial score (nSPS) is 11.5. The van der Waals surface area contributed by atoms with Gasteiger partial charge in [-0.15, -0.1) is 0 Å². The lowest BCUT2D eigenvalue weighted by Crippen LogP contribution is -2.46. The summed E-state index contributed by atoms with van der Waals surface area (Å²) in [5.41, 5.74) is 0. The predicted molar refractivity (Wildman–Crippen MR) is 72.2 cm³/mol. The zero-order valence-electron chi connectivity index (χ0n) is 12.2. The average molecular weight is 310 g/mol. The first-order chi connectivity index (χ1) is 9.22. The number of nitrogens with zero attached hydrogens (tertiary/aromatic N) is 1. The van der Waals surface area contributed by atoms with Crippen LogP contribution < -0.4 is 4.72 Å². The number of nitrogens with one attached hydrogen (secondary N) is 1. The Balaban J connectivity index is 4.78. The van der Waals surface area contributed by atoms with E-state index in [4.69, 9.17) is 9.47 Å². The molecule has 0 bridgehead atoms. The molecule has 0 aliphatic heterocycles. The van der Waals surface area contributed by atoms with Crippen LogP contribution in [0.15, 0.2) is 0 Å². The second-order valence-electron chi connectivity index (χ2n) is 4.20. The molecule has 0 fully saturated rings. The Labute approximate surface area is 119 Å². The number of hydrogen-bond acceptors (Lipinski definition) is 6. The molecule has 0 aromatic rings. The zero-order chi connectivity index (χ0) is 15.8. The molecule has 0 aromatic carbocycles. The van der Waals surface area contributed by atoms with Crippen molar-refractivity contribution in [1.82, 2.24) is 9.03 Å². The summed E-state index contributed by atoms with van der Waals surface area (Å²) >= 11 is 0. The van der Waals surface area contributed by atoms with Crippen molar-refractivity contribution >= 4 is 22.3 Å². The highest BCUT2D eigenvalue weighted by molar-refractivity contribution is 7.87. The van der Waals surface area contributed by atoms with Crippen molar-refractivity contribution in [2.75, 3.05) is 19.7 Å². The Kier molecular flexibility index (Phi) is 8.16. The minimum absolute atomic E-state index is 0.0864. The molecule has 0 saturated carbocycles. The van der Waals surface area contributed by atoms with Crippen LogP contribution in [0.1, 0.15) is 34.1 Å². The molecule has 1 amide bonds. The van der Waals surface area contributed by atoms with E-state index in [-0.39, 0.29) is 13.2 Å². The fourth-order valence-electron chi connectivity index (χ4n) is 1.29. The summed E-state index contributed by atoms with van der Waals surface area (Å²) in [6.07, 6.45) is -1.04. The Morgan fingerprint density at radius 1 is 1.25 bits per heavy atom. The standard InChI is InChI=1S/C11H22N2O6S/c1-5-7-13(8-10(14)18-6-2)20(16,17)12-11(15)19-9(3)4/h9H,5-8H2,1-4H3,(H,12,15). The van der Waals surface area contributed by atoms with Gasteiger partial charge in [0.1, 0.15) is 6.54 Å². The Hall–Kier alpha value is -1.35. The monoisotopic (exact) mass is 310 g/mol. The minimum Gasteiger partial charge on any atom is -0.465 e. The molecule has 0 heterocycles. The van der Waals surface area contributed by atoms with Crippen LogP contribution in [0, 0.1) is 0 Å². The van der Waals surface area contributed by atoms with Crippen molar-refractivity contribution in [3.63, 3.8) is 0 Å². The molecule has 0 aromatic heterocycles. The van der Waals surface area contributed by atoms with Crippen molar-refractivity contribution in [3.8, 4) is 0 Å². The average Bonchev–Trinajstić information content (AvgIpc) is 2.26. The second-order valence-corrected chi connectivity index (χ2v) is 5.87. The number of carbonyl (C=O) groups is 2. The van der Waals surface area contributed by atoms with E-state index in [1.54, 1.807) is 32.4 Å². The number of amides is 1. The molecule has 0 aliphatic rings. The Bertz CT molecular complexity index is 421. The van der Waals surface area contributed by atoms with Crippen LogP contribution >= 0.6 is 0 Å². The highest BCUT2D eigenvalue weighted by Gasteiger charge is 2.27. The maximum absolute atomic E-state index is 12.0. The first-order valence-electron chi connectivity index (χ1n) is 6.37. The lowest BCUT2D eigenvalue weighted by atomic mass is 10.5. The maximum atomic E-state index is 12.0. The van der Waals surface area contributed by atoms with Gasteiger partial charge in [-0.1, -0.05) is 6.92 Å². The minimum atomic E-state index is -4.13. The van der Waals surface area contributed by atoms with Gasteiger partial charge in [-0.2, -0.15) is 12.7 Å². The second kappa shape index (κ2) is 8.75. The van der Waals surface area contributed by atoms with E-state index in [1.165, 1.54) is 0 Å². The number of esters is 1. The Morgan fingerprint density at radius 3 is 2.30 bits per heavy atom. The molecule has 9 heteroatoms. The van der Waals surface area contributed by atoms with Crippen LogP contribution in [0.2, 0.25) is 0 Å². The summed E-state index contributed by atoms with van der Waals surface area (Å²) < 4.78 is 35.9. The van der Waals surface area contributed by atoms with Gasteiger partial charge in [0.25, 0.3) is 0 Å². The number of carbonyl (C=O) groups excluding carboxylic acids is 2. The van der Waals surface area contributed by atoms with Gasteiger partial charge in [-0.05, 0) is 27.2 Å². The number of rotatable bonds is 8. The molecule has 0 saturated heterocycles. The van der Waals surface area contributed by atoms with Gasteiger partial charge >= 0.3 is 22.3 Å². The van der Waals surface area contributed by atoms with E-state index in [2.05, 4.69) is 0 Å². The van der Waals surface area contributed by atoms with Crippen molar-refractivity contribution in [3.05, 3.63) is 0 Å². The number of hydrogen-bond donors (Lipinski definition) is 1. The van der Waals surface area contributed by atoms with E-state index in [9.17, 15) is 18.0 Å². The first kappa shape index (κ1) is 18.7. The molecule has 0 aliphatic carbocycles. The molecule has 1 N–H and O–H groups in total. The molecule has 0 atom stereocenters. The summed E-state index contributed by atoms with van der Waals surface area (Å²) in [6, 6.07) is 0. The third kappa shape index (κ3) is 7.29. The van der Waals surface area contributed by atoms with Crippen molar-refractivity contribution in [2.45, 2.75) is 40.2 Å². The lowest BCUT2D eigenvalue weighted by molar-refractivity contribution is -0.143. The van der Waals surface area contributed by atoms with E-state index in [1.807, 2.05) is 0 Å². The molecular formula is C11H22N2O6S. The van der Waals surface area contributed by atoms with Gasteiger partial charge in [0.2, 0.25) is 0 Å². The van der Waals surface area contributed by atoms with Gasteiger partial charge in [-0.3, -0.25) is 4.79 Å². The van der Waals surface area contributed by atoms with Crippen molar-refractivity contribution in [2.24, 2.45) is 0 Å².